The molecule has 2 aliphatic heterocycles. The second kappa shape index (κ2) is 9.14. The third-order valence-electron chi connectivity index (χ3n) is 7.20. The van der Waals surface area contributed by atoms with Gasteiger partial charge in [-0.1, -0.05) is 18.2 Å². The molecule has 0 radical (unpaired) electrons. The second-order valence-corrected chi connectivity index (χ2v) is 11.0. The summed E-state index contributed by atoms with van der Waals surface area (Å²) in [4.78, 5) is 5.01. The van der Waals surface area contributed by atoms with Gasteiger partial charge in [0.15, 0.2) is 0 Å². The molecule has 2 aromatic rings. The molecule has 1 fully saturated rings. The number of fused-ring (bicyclic) bond motifs is 2. The molecule has 7 heteroatoms. The summed E-state index contributed by atoms with van der Waals surface area (Å²) in [6.07, 6.45) is 5.39. The van der Waals surface area contributed by atoms with Crippen molar-refractivity contribution in [2.75, 3.05) is 51.3 Å². The maximum atomic E-state index is 13.2. The van der Waals surface area contributed by atoms with Crippen LogP contribution < -0.4 is 9.62 Å². The number of hydrogen-bond donors (Lipinski definition) is 1. The summed E-state index contributed by atoms with van der Waals surface area (Å²) in [6, 6.07) is 12.2. The van der Waals surface area contributed by atoms with E-state index in [1.807, 2.05) is 12.1 Å². The lowest BCUT2D eigenvalue weighted by atomic mass is 9.92. The number of ether oxygens (including phenoxy) is 1. The fourth-order valence-corrected chi connectivity index (χ4v) is 6.38. The Morgan fingerprint density at radius 1 is 0.938 bits per heavy atom. The molecule has 5 rings (SSSR count). The van der Waals surface area contributed by atoms with E-state index < -0.39 is 10.0 Å². The zero-order valence-corrected chi connectivity index (χ0v) is 19.7. The number of aryl methyl sites for hydroxylation is 2. The van der Waals surface area contributed by atoms with E-state index >= 15 is 0 Å². The van der Waals surface area contributed by atoms with Gasteiger partial charge in [0.05, 0.1) is 18.1 Å². The fourth-order valence-electron chi connectivity index (χ4n) is 5.29. The van der Waals surface area contributed by atoms with Crippen molar-refractivity contribution >= 4 is 15.7 Å². The monoisotopic (exact) mass is 455 g/mol. The number of nitrogens with one attached hydrogen (secondary N) is 1. The zero-order chi connectivity index (χ0) is 22.1. The summed E-state index contributed by atoms with van der Waals surface area (Å²) in [5.41, 5.74) is 6.29. The molecule has 1 aliphatic carbocycles. The van der Waals surface area contributed by atoms with Crippen LogP contribution in [-0.4, -0.2) is 59.8 Å². The number of sulfonamides is 1. The van der Waals surface area contributed by atoms with E-state index in [0.717, 1.165) is 45.3 Å². The molecule has 0 aromatic heterocycles. The number of likely N-dealkylation sites (N-methyl/N-ethyl adjacent to an activating group) is 1. The van der Waals surface area contributed by atoms with Gasteiger partial charge in [0.25, 0.3) is 0 Å². The molecule has 6 nitrogen and oxygen atoms in total. The third-order valence-corrected chi connectivity index (χ3v) is 8.62. The third kappa shape index (κ3) is 4.44. The Bertz CT molecular complexity index is 1080. The molecule has 1 atom stereocenters. The number of benzene rings is 2. The molecule has 3 aliphatic rings. The molecule has 1 saturated heterocycles. The van der Waals surface area contributed by atoms with Gasteiger partial charge in [0.1, 0.15) is 0 Å². The Hall–Kier alpha value is -1.93. The van der Waals surface area contributed by atoms with Crippen molar-refractivity contribution in [3.8, 4) is 0 Å². The van der Waals surface area contributed by atoms with E-state index in [1.54, 1.807) is 6.07 Å². The minimum absolute atomic E-state index is 0.0116. The van der Waals surface area contributed by atoms with Crippen LogP contribution in [0.15, 0.2) is 41.3 Å². The van der Waals surface area contributed by atoms with Gasteiger partial charge in [-0.25, -0.2) is 13.1 Å². The van der Waals surface area contributed by atoms with Crippen LogP contribution in [0.2, 0.25) is 0 Å². The molecular formula is C25H33N3O3S. The Balaban J connectivity index is 1.38. The second-order valence-electron chi connectivity index (χ2n) is 9.21. The number of rotatable bonds is 6. The summed E-state index contributed by atoms with van der Waals surface area (Å²) in [5, 5.41) is 0. The van der Waals surface area contributed by atoms with E-state index in [-0.39, 0.29) is 6.04 Å². The average molecular weight is 456 g/mol. The number of hydrogen-bond acceptors (Lipinski definition) is 5. The quantitative estimate of drug-likeness (QED) is 0.726. The largest absolute Gasteiger partial charge is 0.379 e. The first-order chi connectivity index (χ1) is 15.5. The summed E-state index contributed by atoms with van der Waals surface area (Å²) >= 11 is 0. The first-order valence-corrected chi connectivity index (χ1v) is 13.3. The summed E-state index contributed by atoms with van der Waals surface area (Å²) in [5.74, 6) is 0. The van der Waals surface area contributed by atoms with Gasteiger partial charge in [0.2, 0.25) is 10.0 Å². The van der Waals surface area contributed by atoms with Crippen molar-refractivity contribution in [1.29, 1.82) is 0 Å². The highest BCUT2D eigenvalue weighted by Gasteiger charge is 2.27. The Morgan fingerprint density at radius 3 is 2.53 bits per heavy atom. The van der Waals surface area contributed by atoms with Gasteiger partial charge >= 0.3 is 0 Å². The topological polar surface area (TPSA) is 61.9 Å². The molecule has 0 amide bonds. The molecule has 1 N–H and O–H groups in total. The first kappa shape index (κ1) is 21.9. The molecule has 172 valence electrons. The SMILES string of the molecule is CN1CCc2cc([C@H](CNS(=O)(=O)c3ccc4c(c3)CCCC4)N3CCOCC3)ccc21. The van der Waals surface area contributed by atoms with Crippen molar-refractivity contribution in [3.63, 3.8) is 0 Å². The van der Waals surface area contributed by atoms with Gasteiger partial charge in [-0.15, -0.1) is 0 Å². The van der Waals surface area contributed by atoms with Crippen LogP contribution in [0.4, 0.5) is 5.69 Å². The van der Waals surface area contributed by atoms with Crippen LogP contribution in [0.1, 0.15) is 41.1 Å². The lowest BCUT2D eigenvalue weighted by Gasteiger charge is -2.35. The van der Waals surface area contributed by atoms with Crippen molar-refractivity contribution in [2.45, 2.75) is 43.0 Å². The normalized spacial score (nSPS) is 20.1. The summed E-state index contributed by atoms with van der Waals surface area (Å²) < 4.78 is 34.9. The first-order valence-electron chi connectivity index (χ1n) is 11.8. The highest BCUT2D eigenvalue weighted by atomic mass is 32.2. The number of morpholine rings is 1. The minimum Gasteiger partial charge on any atom is -0.379 e. The molecule has 0 saturated carbocycles. The Morgan fingerprint density at radius 2 is 1.72 bits per heavy atom. The fraction of sp³-hybridized carbons (Fsp3) is 0.520. The van der Waals surface area contributed by atoms with E-state index in [4.69, 9.17) is 4.74 Å². The maximum Gasteiger partial charge on any atom is 0.240 e. The number of anilines is 1. The lowest BCUT2D eigenvalue weighted by Crippen LogP contribution is -2.43. The smallest absolute Gasteiger partial charge is 0.240 e. The van der Waals surface area contributed by atoms with Gasteiger partial charge in [-0.05, 0) is 72.6 Å². The average Bonchev–Trinajstić information content (AvgIpc) is 3.19. The molecule has 2 heterocycles. The van der Waals surface area contributed by atoms with E-state index in [1.165, 1.54) is 34.4 Å². The van der Waals surface area contributed by atoms with Crippen LogP contribution >= 0.6 is 0 Å². The predicted octanol–water partition coefficient (Wildman–Crippen LogP) is 2.91. The Kier molecular flexibility index (Phi) is 6.25. The molecule has 0 bridgehead atoms. The van der Waals surface area contributed by atoms with Gasteiger partial charge in [0, 0.05) is 45.0 Å². The molecular weight excluding hydrogens is 422 g/mol. The highest BCUT2D eigenvalue weighted by molar-refractivity contribution is 7.89. The van der Waals surface area contributed by atoms with Crippen molar-refractivity contribution < 1.29 is 13.2 Å². The van der Waals surface area contributed by atoms with Crippen LogP contribution in [0, 0.1) is 0 Å². The minimum atomic E-state index is -3.57. The van der Waals surface area contributed by atoms with E-state index in [0.29, 0.717) is 24.7 Å². The Labute approximate surface area is 191 Å². The van der Waals surface area contributed by atoms with Crippen molar-refractivity contribution in [2.24, 2.45) is 0 Å². The number of nitrogens with zero attached hydrogens (tertiary/aromatic N) is 2. The van der Waals surface area contributed by atoms with Gasteiger partial charge in [-0.2, -0.15) is 0 Å². The zero-order valence-electron chi connectivity index (χ0n) is 18.8. The van der Waals surface area contributed by atoms with Crippen molar-refractivity contribution in [3.05, 3.63) is 58.7 Å². The molecule has 32 heavy (non-hydrogen) atoms. The molecule has 0 spiro atoms. The van der Waals surface area contributed by atoms with Crippen LogP contribution in [0.25, 0.3) is 0 Å². The van der Waals surface area contributed by atoms with Crippen molar-refractivity contribution in [1.82, 2.24) is 9.62 Å². The summed E-state index contributed by atoms with van der Waals surface area (Å²) in [6.45, 7) is 4.37. The van der Waals surface area contributed by atoms with Crippen LogP contribution in [0.5, 0.6) is 0 Å². The molecule has 2 aromatic carbocycles. The predicted molar refractivity (Wildman–Crippen MR) is 127 cm³/mol. The standard InChI is InChI=1S/C25H33N3O3S/c1-27-11-10-22-16-21(7-9-24(22)27)25(28-12-14-31-15-13-28)18-26-32(29,30)23-8-6-19-4-2-3-5-20(19)17-23/h6-9,16-17,25-26H,2-5,10-15,18H2,1H3/t25-/m0/s1. The van der Waals surface area contributed by atoms with Crippen LogP contribution in [0.3, 0.4) is 0 Å². The van der Waals surface area contributed by atoms with Crippen LogP contribution in [-0.2, 0) is 34.0 Å². The van der Waals surface area contributed by atoms with Gasteiger partial charge in [-0.3, -0.25) is 4.90 Å². The maximum absolute atomic E-state index is 13.2. The van der Waals surface area contributed by atoms with E-state index in [9.17, 15) is 8.42 Å². The van der Waals surface area contributed by atoms with Gasteiger partial charge < -0.3 is 9.64 Å². The highest BCUT2D eigenvalue weighted by Crippen LogP contribution is 2.32. The van der Waals surface area contributed by atoms with E-state index in [2.05, 4.69) is 39.8 Å². The summed E-state index contributed by atoms with van der Waals surface area (Å²) in [7, 11) is -1.45. The molecule has 0 unspecified atom stereocenters. The lowest BCUT2D eigenvalue weighted by molar-refractivity contribution is 0.0172.